The largest absolute Gasteiger partial charge is 0.461 e. The van der Waals surface area contributed by atoms with Crippen LogP contribution in [0.25, 0.3) is 6.08 Å². The zero-order valence-electron chi connectivity index (χ0n) is 5.90. The van der Waals surface area contributed by atoms with Crippen molar-refractivity contribution in [1.82, 2.24) is 0 Å². The van der Waals surface area contributed by atoms with Crippen LogP contribution in [0.1, 0.15) is 5.56 Å². The second-order valence-electron chi connectivity index (χ2n) is 2.41. The zero-order valence-corrected chi connectivity index (χ0v) is 5.90. The first-order valence-electron chi connectivity index (χ1n) is 3.48. The molecule has 56 valence electrons. The number of aliphatic hydroxyl groups is 1. The van der Waals surface area contributed by atoms with E-state index in [1.165, 1.54) is 0 Å². The van der Waals surface area contributed by atoms with Crippen molar-refractivity contribution in [3.8, 4) is 5.75 Å². The van der Waals surface area contributed by atoms with E-state index in [9.17, 15) is 0 Å². The molecule has 1 atom stereocenters. The van der Waals surface area contributed by atoms with Crippen LogP contribution in [0, 0.1) is 0 Å². The van der Waals surface area contributed by atoms with Crippen LogP contribution in [0.3, 0.4) is 0 Å². The lowest BCUT2D eigenvalue weighted by Gasteiger charge is -2.16. The molecular formula is C9H8O2. The van der Waals surface area contributed by atoms with Crippen LogP contribution in [0.4, 0.5) is 0 Å². The van der Waals surface area contributed by atoms with Crippen LogP contribution >= 0.6 is 0 Å². The van der Waals surface area contributed by atoms with Crippen LogP contribution in [-0.2, 0) is 0 Å². The molecule has 0 spiro atoms. The van der Waals surface area contributed by atoms with E-state index in [1.807, 2.05) is 30.3 Å². The molecule has 2 rings (SSSR count). The summed E-state index contributed by atoms with van der Waals surface area (Å²) in [5, 5.41) is 9.05. The molecule has 0 aliphatic carbocycles. The Hall–Kier alpha value is -1.28. The van der Waals surface area contributed by atoms with Crippen molar-refractivity contribution >= 4 is 6.08 Å². The maximum atomic E-state index is 9.05. The van der Waals surface area contributed by atoms with Gasteiger partial charge >= 0.3 is 0 Å². The Morgan fingerprint density at radius 2 is 2.09 bits per heavy atom. The van der Waals surface area contributed by atoms with E-state index in [-0.39, 0.29) is 0 Å². The molecule has 0 bridgehead atoms. The van der Waals surface area contributed by atoms with Crippen LogP contribution in [-0.4, -0.2) is 11.4 Å². The van der Waals surface area contributed by atoms with Gasteiger partial charge in [0.25, 0.3) is 0 Å². The summed E-state index contributed by atoms with van der Waals surface area (Å²) in [4.78, 5) is 0. The predicted molar refractivity (Wildman–Crippen MR) is 42.1 cm³/mol. The SMILES string of the molecule is O[C@H]1C=Cc2ccccc2O1. The standard InChI is InChI=1S/C9H8O2/c10-9-6-5-7-3-1-2-4-8(7)11-9/h1-6,9-10H/t9-/m1/s1. The van der Waals surface area contributed by atoms with E-state index in [0.29, 0.717) is 0 Å². The van der Waals surface area contributed by atoms with Crippen molar-refractivity contribution in [3.05, 3.63) is 35.9 Å². The van der Waals surface area contributed by atoms with Crippen molar-refractivity contribution in [1.29, 1.82) is 0 Å². The van der Waals surface area contributed by atoms with E-state index in [1.54, 1.807) is 6.08 Å². The van der Waals surface area contributed by atoms with Gasteiger partial charge in [-0.3, -0.25) is 0 Å². The summed E-state index contributed by atoms with van der Waals surface area (Å²) >= 11 is 0. The molecule has 0 saturated heterocycles. The predicted octanol–water partition coefficient (Wildman–Crippen LogP) is 1.41. The minimum absolute atomic E-state index is 0.738. The summed E-state index contributed by atoms with van der Waals surface area (Å²) in [5.74, 6) is 0.738. The number of fused-ring (bicyclic) bond motifs is 1. The van der Waals surface area contributed by atoms with Gasteiger partial charge in [0.2, 0.25) is 6.29 Å². The van der Waals surface area contributed by atoms with Gasteiger partial charge in [-0.05, 0) is 18.2 Å². The highest BCUT2D eigenvalue weighted by atomic mass is 16.6. The van der Waals surface area contributed by atoms with Crippen LogP contribution in [0.2, 0.25) is 0 Å². The summed E-state index contributed by atoms with van der Waals surface area (Å²) < 4.78 is 5.10. The van der Waals surface area contributed by atoms with Crippen LogP contribution in [0.15, 0.2) is 30.3 Å². The number of hydrogen-bond acceptors (Lipinski definition) is 2. The highest BCUT2D eigenvalue weighted by Crippen LogP contribution is 2.24. The third-order valence-electron chi connectivity index (χ3n) is 1.61. The molecule has 0 aromatic heterocycles. The Morgan fingerprint density at radius 3 is 3.00 bits per heavy atom. The molecule has 0 radical (unpaired) electrons. The van der Waals surface area contributed by atoms with E-state index in [0.717, 1.165) is 11.3 Å². The third-order valence-corrected chi connectivity index (χ3v) is 1.61. The summed E-state index contributed by atoms with van der Waals surface area (Å²) in [7, 11) is 0. The molecule has 11 heavy (non-hydrogen) atoms. The first-order valence-corrected chi connectivity index (χ1v) is 3.48. The minimum atomic E-state index is -0.787. The van der Waals surface area contributed by atoms with Crippen LogP contribution < -0.4 is 4.74 Å². The molecule has 0 amide bonds. The Bertz CT molecular complexity index is 291. The lowest BCUT2D eigenvalue weighted by molar-refractivity contribution is 0.0231. The third kappa shape index (κ3) is 1.12. The van der Waals surface area contributed by atoms with Gasteiger partial charge < -0.3 is 9.84 Å². The first-order chi connectivity index (χ1) is 5.36. The summed E-state index contributed by atoms with van der Waals surface area (Å²) in [6.45, 7) is 0. The molecule has 1 aromatic rings. The maximum Gasteiger partial charge on any atom is 0.217 e. The maximum absolute atomic E-state index is 9.05. The highest BCUT2D eigenvalue weighted by molar-refractivity contribution is 5.59. The Balaban J connectivity index is 2.46. The molecule has 1 aliphatic rings. The molecule has 1 N–H and O–H groups in total. The number of aliphatic hydroxyl groups excluding tert-OH is 1. The number of benzene rings is 1. The molecule has 1 aromatic carbocycles. The van der Waals surface area contributed by atoms with E-state index >= 15 is 0 Å². The quantitative estimate of drug-likeness (QED) is 0.602. The normalized spacial score (nSPS) is 20.6. The average Bonchev–Trinajstić information content (AvgIpc) is 2.04. The second kappa shape index (κ2) is 2.40. The van der Waals surface area contributed by atoms with Crippen molar-refractivity contribution in [2.45, 2.75) is 6.29 Å². The lowest BCUT2D eigenvalue weighted by Crippen LogP contribution is -2.15. The van der Waals surface area contributed by atoms with Crippen molar-refractivity contribution in [2.24, 2.45) is 0 Å². The van der Waals surface area contributed by atoms with Gasteiger partial charge in [-0.1, -0.05) is 18.2 Å². The fourth-order valence-electron chi connectivity index (χ4n) is 1.08. The van der Waals surface area contributed by atoms with Crippen molar-refractivity contribution in [3.63, 3.8) is 0 Å². The van der Waals surface area contributed by atoms with E-state index in [2.05, 4.69) is 0 Å². The summed E-state index contributed by atoms with van der Waals surface area (Å²) in [5.41, 5.74) is 1.01. The first kappa shape index (κ1) is 6.43. The van der Waals surface area contributed by atoms with Gasteiger partial charge in [-0.2, -0.15) is 0 Å². The Labute approximate surface area is 64.7 Å². The fraction of sp³-hybridized carbons (Fsp3) is 0.111. The molecule has 0 saturated carbocycles. The number of para-hydroxylation sites is 1. The van der Waals surface area contributed by atoms with Gasteiger partial charge in [-0.25, -0.2) is 0 Å². The molecule has 1 heterocycles. The summed E-state index contributed by atoms with van der Waals surface area (Å²) in [6.07, 6.45) is 2.68. The Kier molecular flexibility index (Phi) is 1.40. The van der Waals surface area contributed by atoms with E-state index in [4.69, 9.17) is 9.84 Å². The average molecular weight is 148 g/mol. The zero-order chi connectivity index (χ0) is 7.68. The molecular weight excluding hydrogens is 140 g/mol. The second-order valence-corrected chi connectivity index (χ2v) is 2.41. The fourth-order valence-corrected chi connectivity index (χ4v) is 1.08. The van der Waals surface area contributed by atoms with Crippen molar-refractivity contribution in [2.75, 3.05) is 0 Å². The van der Waals surface area contributed by atoms with Gasteiger partial charge in [0.05, 0.1) is 0 Å². The molecule has 1 aliphatic heterocycles. The highest BCUT2D eigenvalue weighted by Gasteiger charge is 2.09. The van der Waals surface area contributed by atoms with Gasteiger partial charge in [0, 0.05) is 5.56 Å². The summed E-state index contributed by atoms with van der Waals surface area (Å²) in [6, 6.07) is 7.59. The van der Waals surface area contributed by atoms with Gasteiger partial charge in [0.15, 0.2) is 0 Å². The molecule has 0 fully saturated rings. The number of ether oxygens (including phenoxy) is 1. The smallest absolute Gasteiger partial charge is 0.217 e. The lowest BCUT2D eigenvalue weighted by atomic mass is 10.1. The molecule has 2 heteroatoms. The van der Waals surface area contributed by atoms with Crippen molar-refractivity contribution < 1.29 is 9.84 Å². The topological polar surface area (TPSA) is 29.5 Å². The van der Waals surface area contributed by atoms with E-state index < -0.39 is 6.29 Å². The van der Waals surface area contributed by atoms with Gasteiger partial charge in [-0.15, -0.1) is 0 Å². The molecule has 2 nitrogen and oxygen atoms in total. The van der Waals surface area contributed by atoms with Crippen LogP contribution in [0.5, 0.6) is 5.75 Å². The minimum Gasteiger partial charge on any atom is -0.461 e. The Morgan fingerprint density at radius 1 is 1.27 bits per heavy atom. The van der Waals surface area contributed by atoms with Gasteiger partial charge in [0.1, 0.15) is 5.75 Å². The number of hydrogen-bond donors (Lipinski definition) is 1. The number of rotatable bonds is 0. The molecule has 0 unspecified atom stereocenters. The monoisotopic (exact) mass is 148 g/mol.